The minimum absolute atomic E-state index is 0.752. The van der Waals surface area contributed by atoms with Gasteiger partial charge >= 0.3 is 0 Å². The number of allylic oxidation sites excluding steroid dienone is 3. The van der Waals surface area contributed by atoms with Crippen LogP contribution in [0.2, 0.25) is 0 Å². The summed E-state index contributed by atoms with van der Waals surface area (Å²) < 4.78 is 0. The van der Waals surface area contributed by atoms with E-state index in [2.05, 4.69) is 35.3 Å². The SMILES string of the molecule is CN(C)C1=C(c2cc3ccccc3cc2C#N)CC=C1. The van der Waals surface area contributed by atoms with E-state index < -0.39 is 0 Å². The van der Waals surface area contributed by atoms with Crippen molar-refractivity contribution in [3.63, 3.8) is 0 Å². The number of hydrogen-bond donors (Lipinski definition) is 0. The van der Waals surface area contributed by atoms with Crippen molar-refractivity contribution in [2.45, 2.75) is 6.42 Å². The van der Waals surface area contributed by atoms with Crippen molar-refractivity contribution >= 4 is 16.3 Å². The molecule has 20 heavy (non-hydrogen) atoms. The van der Waals surface area contributed by atoms with E-state index >= 15 is 0 Å². The largest absolute Gasteiger partial charge is 0.377 e. The van der Waals surface area contributed by atoms with Crippen molar-refractivity contribution in [3.8, 4) is 6.07 Å². The summed E-state index contributed by atoms with van der Waals surface area (Å²) in [5, 5.41) is 11.8. The molecule has 2 aromatic rings. The summed E-state index contributed by atoms with van der Waals surface area (Å²) in [7, 11) is 4.08. The van der Waals surface area contributed by atoms with E-state index in [0.717, 1.165) is 22.9 Å². The third kappa shape index (κ3) is 1.98. The quantitative estimate of drug-likeness (QED) is 0.817. The molecule has 0 atom stereocenters. The molecular weight excluding hydrogens is 244 g/mol. The van der Waals surface area contributed by atoms with E-state index in [1.165, 1.54) is 16.7 Å². The van der Waals surface area contributed by atoms with Gasteiger partial charge in [0.05, 0.1) is 11.6 Å². The molecule has 2 aromatic carbocycles. The van der Waals surface area contributed by atoms with Crippen LogP contribution in [0.1, 0.15) is 17.5 Å². The molecule has 3 rings (SSSR count). The van der Waals surface area contributed by atoms with Crippen LogP contribution < -0.4 is 0 Å². The Bertz CT molecular complexity index is 774. The Morgan fingerprint density at radius 3 is 2.45 bits per heavy atom. The molecule has 0 saturated carbocycles. The van der Waals surface area contributed by atoms with Gasteiger partial charge in [0.25, 0.3) is 0 Å². The van der Waals surface area contributed by atoms with E-state index in [1.807, 2.05) is 38.4 Å². The molecule has 2 heteroatoms. The predicted octanol–water partition coefficient (Wildman–Crippen LogP) is 3.94. The highest BCUT2D eigenvalue weighted by Gasteiger charge is 2.16. The maximum Gasteiger partial charge on any atom is 0.0998 e. The average molecular weight is 260 g/mol. The van der Waals surface area contributed by atoms with Gasteiger partial charge in [-0.2, -0.15) is 5.26 Å². The number of benzene rings is 2. The van der Waals surface area contributed by atoms with Gasteiger partial charge in [-0.15, -0.1) is 0 Å². The minimum Gasteiger partial charge on any atom is -0.377 e. The normalized spacial score (nSPS) is 13.8. The number of likely N-dealkylation sites (N-methyl/N-ethyl adjacent to an activating group) is 1. The Morgan fingerprint density at radius 2 is 1.80 bits per heavy atom. The van der Waals surface area contributed by atoms with Crippen molar-refractivity contribution in [2.75, 3.05) is 14.1 Å². The second kappa shape index (κ2) is 4.86. The van der Waals surface area contributed by atoms with E-state index in [9.17, 15) is 5.26 Å². The van der Waals surface area contributed by atoms with E-state index in [1.54, 1.807) is 0 Å². The molecular formula is C18H16N2. The fraction of sp³-hybridized carbons (Fsp3) is 0.167. The topological polar surface area (TPSA) is 27.0 Å². The van der Waals surface area contributed by atoms with Crippen molar-refractivity contribution in [1.29, 1.82) is 5.26 Å². The first-order valence-corrected chi connectivity index (χ1v) is 6.71. The molecule has 0 bridgehead atoms. The molecule has 0 N–H and O–H groups in total. The van der Waals surface area contributed by atoms with E-state index in [0.29, 0.717) is 0 Å². The van der Waals surface area contributed by atoms with Crippen LogP contribution >= 0.6 is 0 Å². The molecule has 1 aliphatic rings. The molecule has 0 aromatic heterocycles. The lowest BCUT2D eigenvalue weighted by Gasteiger charge is -2.17. The summed E-state index contributed by atoms with van der Waals surface area (Å²) >= 11 is 0. The van der Waals surface area contributed by atoms with Gasteiger partial charge in [-0.1, -0.05) is 30.3 Å². The maximum atomic E-state index is 9.46. The Hall–Kier alpha value is -2.53. The summed E-state index contributed by atoms with van der Waals surface area (Å²) in [5.74, 6) is 0. The van der Waals surface area contributed by atoms with Crippen molar-refractivity contribution in [2.24, 2.45) is 0 Å². The Kier molecular flexibility index (Phi) is 3.04. The summed E-state index contributed by atoms with van der Waals surface area (Å²) in [6.07, 6.45) is 5.17. The van der Waals surface area contributed by atoms with Crippen molar-refractivity contribution in [1.82, 2.24) is 4.90 Å². The van der Waals surface area contributed by atoms with Gasteiger partial charge in [0, 0.05) is 19.8 Å². The maximum absolute atomic E-state index is 9.46. The summed E-state index contributed by atoms with van der Waals surface area (Å²) in [4.78, 5) is 2.11. The van der Waals surface area contributed by atoms with Crippen LogP contribution in [-0.4, -0.2) is 19.0 Å². The number of nitriles is 1. The number of rotatable bonds is 2. The minimum atomic E-state index is 0.752. The van der Waals surface area contributed by atoms with Crippen LogP contribution in [0, 0.1) is 11.3 Å². The van der Waals surface area contributed by atoms with Gasteiger partial charge in [-0.05, 0) is 46.5 Å². The first-order valence-electron chi connectivity index (χ1n) is 6.71. The zero-order chi connectivity index (χ0) is 14.1. The molecule has 0 fully saturated rings. The van der Waals surface area contributed by atoms with E-state index in [4.69, 9.17) is 0 Å². The first kappa shape index (κ1) is 12.5. The van der Waals surface area contributed by atoms with Gasteiger partial charge in [0.15, 0.2) is 0 Å². The smallest absolute Gasteiger partial charge is 0.0998 e. The molecule has 0 unspecified atom stereocenters. The second-order valence-corrected chi connectivity index (χ2v) is 5.22. The highest BCUT2D eigenvalue weighted by Crippen LogP contribution is 2.34. The highest BCUT2D eigenvalue weighted by atomic mass is 15.1. The predicted molar refractivity (Wildman–Crippen MR) is 83.0 cm³/mol. The van der Waals surface area contributed by atoms with Gasteiger partial charge < -0.3 is 4.90 Å². The Labute approximate surface area is 119 Å². The molecule has 0 heterocycles. The van der Waals surface area contributed by atoms with Crippen LogP contribution in [0.15, 0.2) is 54.2 Å². The molecule has 0 radical (unpaired) electrons. The van der Waals surface area contributed by atoms with Gasteiger partial charge in [-0.3, -0.25) is 0 Å². The summed E-state index contributed by atoms with van der Waals surface area (Å²) in [6.45, 7) is 0. The second-order valence-electron chi connectivity index (χ2n) is 5.22. The summed E-state index contributed by atoms with van der Waals surface area (Å²) in [6, 6.07) is 14.7. The zero-order valence-corrected chi connectivity index (χ0v) is 11.7. The van der Waals surface area contributed by atoms with E-state index in [-0.39, 0.29) is 0 Å². The number of hydrogen-bond acceptors (Lipinski definition) is 2. The lowest BCUT2D eigenvalue weighted by atomic mass is 9.94. The Balaban J connectivity index is 2.26. The Morgan fingerprint density at radius 1 is 1.10 bits per heavy atom. The van der Waals surface area contributed by atoms with Crippen LogP contribution in [0.5, 0.6) is 0 Å². The van der Waals surface area contributed by atoms with Crippen molar-refractivity contribution in [3.05, 3.63) is 65.4 Å². The molecule has 1 aliphatic carbocycles. The first-order chi connectivity index (χ1) is 9.70. The van der Waals surface area contributed by atoms with Crippen LogP contribution in [-0.2, 0) is 0 Å². The third-order valence-electron chi connectivity index (χ3n) is 3.72. The van der Waals surface area contributed by atoms with Gasteiger partial charge in [0.1, 0.15) is 0 Å². The number of fused-ring (bicyclic) bond motifs is 1. The molecule has 2 nitrogen and oxygen atoms in total. The lowest BCUT2D eigenvalue weighted by molar-refractivity contribution is 0.533. The number of nitrogens with zero attached hydrogens (tertiary/aromatic N) is 2. The van der Waals surface area contributed by atoms with Crippen LogP contribution in [0.4, 0.5) is 0 Å². The zero-order valence-electron chi connectivity index (χ0n) is 11.7. The fourth-order valence-corrected chi connectivity index (χ4v) is 2.74. The fourth-order valence-electron chi connectivity index (χ4n) is 2.74. The monoisotopic (exact) mass is 260 g/mol. The molecule has 0 spiro atoms. The van der Waals surface area contributed by atoms with Crippen molar-refractivity contribution < 1.29 is 0 Å². The molecule has 0 saturated heterocycles. The lowest BCUT2D eigenvalue weighted by Crippen LogP contribution is -2.10. The summed E-state index contributed by atoms with van der Waals surface area (Å²) in [5.41, 5.74) is 4.23. The van der Waals surface area contributed by atoms with Crippen LogP contribution in [0.3, 0.4) is 0 Å². The van der Waals surface area contributed by atoms with Gasteiger partial charge in [0.2, 0.25) is 0 Å². The average Bonchev–Trinajstić information content (AvgIpc) is 2.95. The van der Waals surface area contributed by atoms with Crippen LogP contribution in [0.25, 0.3) is 16.3 Å². The highest BCUT2D eigenvalue weighted by molar-refractivity contribution is 5.90. The molecule has 98 valence electrons. The molecule has 0 aliphatic heterocycles. The third-order valence-corrected chi connectivity index (χ3v) is 3.72. The van der Waals surface area contributed by atoms with Gasteiger partial charge in [-0.25, -0.2) is 0 Å². The standard InChI is InChI=1S/C18H16N2/c1-20(2)18-9-5-8-16(18)17-11-14-7-4-3-6-13(14)10-15(17)12-19/h3-7,9-11H,8H2,1-2H3. The molecule has 0 amide bonds.